The highest BCUT2D eigenvalue weighted by Gasteiger charge is 2.10. The van der Waals surface area contributed by atoms with Crippen LogP contribution in [0.2, 0.25) is 0 Å². The second-order valence-electron chi connectivity index (χ2n) is 4.53. The maximum atomic E-state index is 11.5. The number of unbranched alkanes of at least 4 members (excludes halogenated alkanes) is 2. The highest BCUT2D eigenvalue weighted by atomic mass is 32.3. The first-order chi connectivity index (χ1) is 9.41. The summed E-state index contributed by atoms with van der Waals surface area (Å²) in [7, 11) is -2.92. The van der Waals surface area contributed by atoms with E-state index in [1.807, 2.05) is 0 Å². The molecule has 0 aliphatic carbocycles. The van der Waals surface area contributed by atoms with Crippen molar-refractivity contribution in [1.29, 1.82) is 0 Å². The zero-order chi connectivity index (χ0) is 15.4. The fourth-order valence-corrected chi connectivity index (χ4v) is 2.00. The number of rotatable bonds is 13. The van der Waals surface area contributed by atoms with Crippen molar-refractivity contribution in [2.75, 3.05) is 13.7 Å². The van der Waals surface area contributed by atoms with Gasteiger partial charge >= 0.3 is 10.4 Å². The molecule has 7 heteroatoms. The maximum absolute atomic E-state index is 11.5. The summed E-state index contributed by atoms with van der Waals surface area (Å²) in [5, 5.41) is 0. The third-order valence-corrected chi connectivity index (χ3v) is 3.64. The summed E-state index contributed by atoms with van der Waals surface area (Å²) in [6, 6.07) is 0. The van der Waals surface area contributed by atoms with Crippen LogP contribution in [-0.4, -0.2) is 33.7 Å². The van der Waals surface area contributed by atoms with Gasteiger partial charge in [-0.1, -0.05) is 19.8 Å². The van der Waals surface area contributed by atoms with E-state index >= 15 is 0 Å². The molecule has 0 radical (unpaired) electrons. The standard InChI is InChI=1S/C13H24O6S/c1-3-4-5-7-12(14)9-10-13(15)8-6-11-19-20(16,17)18-2/h3-11H2,1-2H3. The molecule has 0 aromatic heterocycles. The topological polar surface area (TPSA) is 86.7 Å². The lowest BCUT2D eigenvalue weighted by atomic mass is 10.0. The Morgan fingerprint density at radius 3 is 1.95 bits per heavy atom. The zero-order valence-corrected chi connectivity index (χ0v) is 13.0. The van der Waals surface area contributed by atoms with Crippen LogP contribution >= 0.6 is 0 Å². The smallest absolute Gasteiger partial charge is 0.300 e. The van der Waals surface area contributed by atoms with Crippen LogP contribution in [0.1, 0.15) is 58.3 Å². The molecule has 0 bridgehead atoms. The minimum atomic E-state index is -3.92. The van der Waals surface area contributed by atoms with Crippen molar-refractivity contribution in [3.8, 4) is 0 Å². The van der Waals surface area contributed by atoms with Gasteiger partial charge < -0.3 is 0 Å². The zero-order valence-electron chi connectivity index (χ0n) is 12.2. The van der Waals surface area contributed by atoms with E-state index in [2.05, 4.69) is 15.3 Å². The summed E-state index contributed by atoms with van der Waals surface area (Å²) in [6.45, 7) is 1.98. The molecule has 0 heterocycles. The summed E-state index contributed by atoms with van der Waals surface area (Å²) in [6.07, 6.45) is 4.53. The number of hydrogen-bond donors (Lipinski definition) is 0. The van der Waals surface area contributed by atoms with E-state index < -0.39 is 10.4 Å². The summed E-state index contributed by atoms with van der Waals surface area (Å²) < 4.78 is 30.2. The van der Waals surface area contributed by atoms with E-state index in [0.717, 1.165) is 26.4 Å². The summed E-state index contributed by atoms with van der Waals surface area (Å²) >= 11 is 0. The minimum Gasteiger partial charge on any atom is -0.300 e. The molecule has 0 aromatic rings. The molecular weight excluding hydrogens is 284 g/mol. The van der Waals surface area contributed by atoms with Crippen LogP contribution in [0, 0.1) is 0 Å². The average Bonchev–Trinajstić information content (AvgIpc) is 2.42. The number of hydrogen-bond acceptors (Lipinski definition) is 6. The number of Topliss-reactive ketones (excluding diaryl/α,β-unsaturated/α-hetero) is 2. The largest absolute Gasteiger partial charge is 0.399 e. The summed E-state index contributed by atoms with van der Waals surface area (Å²) in [5.74, 6) is 0.0669. The second kappa shape index (κ2) is 10.9. The number of carbonyl (C=O) groups is 2. The first kappa shape index (κ1) is 19.2. The normalized spacial score (nSPS) is 11.5. The Morgan fingerprint density at radius 2 is 1.45 bits per heavy atom. The molecule has 0 amide bonds. The molecule has 118 valence electrons. The molecule has 0 saturated carbocycles. The van der Waals surface area contributed by atoms with Gasteiger partial charge in [0.2, 0.25) is 0 Å². The lowest BCUT2D eigenvalue weighted by molar-refractivity contribution is -0.124. The van der Waals surface area contributed by atoms with Crippen molar-refractivity contribution in [3.63, 3.8) is 0 Å². The van der Waals surface area contributed by atoms with Gasteiger partial charge in [0.15, 0.2) is 0 Å². The van der Waals surface area contributed by atoms with Gasteiger partial charge in [-0.05, 0) is 12.8 Å². The molecular formula is C13H24O6S. The summed E-state index contributed by atoms with van der Waals surface area (Å²) in [5.41, 5.74) is 0. The van der Waals surface area contributed by atoms with Crippen LogP contribution in [0.25, 0.3) is 0 Å². The lowest BCUT2D eigenvalue weighted by Crippen LogP contribution is -2.10. The number of ketones is 2. The van der Waals surface area contributed by atoms with Gasteiger partial charge in [0.05, 0.1) is 13.7 Å². The molecule has 20 heavy (non-hydrogen) atoms. The Kier molecular flexibility index (Phi) is 10.5. The van der Waals surface area contributed by atoms with Crippen LogP contribution in [0.5, 0.6) is 0 Å². The fourth-order valence-electron chi connectivity index (χ4n) is 1.58. The Labute approximate surface area is 121 Å². The van der Waals surface area contributed by atoms with Crippen LogP contribution in [0.15, 0.2) is 0 Å². The molecule has 0 fully saturated rings. The van der Waals surface area contributed by atoms with Crippen LogP contribution in [0.4, 0.5) is 0 Å². The predicted molar refractivity (Wildman–Crippen MR) is 74.5 cm³/mol. The first-order valence-electron chi connectivity index (χ1n) is 6.89. The molecule has 0 saturated heterocycles. The average molecular weight is 308 g/mol. The molecule has 0 rings (SSSR count). The highest BCUT2D eigenvalue weighted by molar-refractivity contribution is 7.81. The first-order valence-corrected chi connectivity index (χ1v) is 8.23. The predicted octanol–water partition coefficient (Wildman–Crippen LogP) is 2.17. The molecule has 0 unspecified atom stereocenters. The van der Waals surface area contributed by atoms with Gasteiger partial charge in [-0.3, -0.25) is 13.8 Å². The monoisotopic (exact) mass is 308 g/mol. The van der Waals surface area contributed by atoms with Crippen LogP contribution in [-0.2, 0) is 28.4 Å². The minimum absolute atomic E-state index is 0.0488. The Bertz CT molecular complexity index is 388. The van der Waals surface area contributed by atoms with E-state index in [-0.39, 0.29) is 37.4 Å². The van der Waals surface area contributed by atoms with Crippen LogP contribution in [0.3, 0.4) is 0 Å². The molecule has 0 atom stereocenters. The number of carbonyl (C=O) groups excluding carboxylic acids is 2. The van der Waals surface area contributed by atoms with E-state index in [0.29, 0.717) is 12.8 Å². The van der Waals surface area contributed by atoms with E-state index in [1.165, 1.54) is 0 Å². The third-order valence-electron chi connectivity index (χ3n) is 2.77. The summed E-state index contributed by atoms with van der Waals surface area (Å²) in [4.78, 5) is 22.9. The quantitative estimate of drug-likeness (QED) is 0.485. The van der Waals surface area contributed by atoms with Gasteiger partial charge in [-0.25, -0.2) is 4.18 Å². The van der Waals surface area contributed by atoms with Crippen molar-refractivity contribution >= 4 is 22.0 Å². The molecule has 0 spiro atoms. The highest BCUT2D eigenvalue weighted by Crippen LogP contribution is 2.06. The van der Waals surface area contributed by atoms with Crippen molar-refractivity contribution in [2.45, 2.75) is 58.3 Å². The molecule has 0 aliphatic rings. The molecule has 0 N–H and O–H groups in total. The van der Waals surface area contributed by atoms with Gasteiger partial charge in [0.25, 0.3) is 0 Å². The van der Waals surface area contributed by atoms with Crippen molar-refractivity contribution < 1.29 is 26.4 Å². The lowest BCUT2D eigenvalue weighted by Gasteiger charge is -2.03. The van der Waals surface area contributed by atoms with Crippen molar-refractivity contribution in [3.05, 3.63) is 0 Å². The second-order valence-corrected chi connectivity index (χ2v) is 5.92. The van der Waals surface area contributed by atoms with E-state index in [1.54, 1.807) is 0 Å². The fraction of sp³-hybridized carbons (Fsp3) is 0.846. The van der Waals surface area contributed by atoms with Crippen molar-refractivity contribution in [2.24, 2.45) is 0 Å². The van der Waals surface area contributed by atoms with Crippen molar-refractivity contribution in [1.82, 2.24) is 0 Å². The van der Waals surface area contributed by atoms with Gasteiger partial charge in [-0.2, -0.15) is 8.42 Å². The molecule has 0 aliphatic heterocycles. The third kappa shape index (κ3) is 11.1. The Morgan fingerprint density at radius 1 is 0.900 bits per heavy atom. The maximum Gasteiger partial charge on any atom is 0.399 e. The van der Waals surface area contributed by atoms with Gasteiger partial charge in [0, 0.05) is 25.7 Å². The Hall–Kier alpha value is -0.790. The van der Waals surface area contributed by atoms with Gasteiger partial charge in [0.1, 0.15) is 11.6 Å². The molecule has 6 nitrogen and oxygen atoms in total. The molecule has 0 aromatic carbocycles. The van der Waals surface area contributed by atoms with Crippen LogP contribution < -0.4 is 0 Å². The van der Waals surface area contributed by atoms with Gasteiger partial charge in [-0.15, -0.1) is 0 Å². The van der Waals surface area contributed by atoms with E-state index in [4.69, 9.17) is 0 Å². The Balaban J connectivity index is 3.62. The van der Waals surface area contributed by atoms with E-state index in [9.17, 15) is 18.0 Å². The SMILES string of the molecule is CCCCCC(=O)CCC(=O)CCCOS(=O)(=O)OC.